The van der Waals surface area contributed by atoms with E-state index in [1.54, 1.807) is 30.6 Å². The van der Waals surface area contributed by atoms with Crippen LogP contribution in [0.2, 0.25) is 0 Å². The summed E-state index contributed by atoms with van der Waals surface area (Å²) in [4.78, 5) is 20.3. The van der Waals surface area contributed by atoms with Crippen molar-refractivity contribution in [1.29, 1.82) is 0 Å². The highest BCUT2D eigenvalue weighted by Gasteiger charge is 2.05. The third-order valence-electron chi connectivity index (χ3n) is 3.10. The highest BCUT2D eigenvalue weighted by Crippen LogP contribution is 2.16. The van der Waals surface area contributed by atoms with Gasteiger partial charge in [0.05, 0.1) is 5.69 Å². The van der Waals surface area contributed by atoms with Crippen LogP contribution in [0.25, 0.3) is 11.3 Å². The Labute approximate surface area is 134 Å². The Morgan fingerprint density at radius 1 is 0.957 bits per heavy atom. The zero-order valence-corrected chi connectivity index (χ0v) is 12.3. The van der Waals surface area contributed by atoms with Crippen molar-refractivity contribution in [3.63, 3.8) is 0 Å². The number of carbonyl (C=O) groups excluding carboxylic acids is 1. The van der Waals surface area contributed by atoms with Crippen molar-refractivity contribution in [3.05, 3.63) is 73.1 Å². The number of pyridine rings is 2. The molecule has 3 rings (SSSR count). The lowest BCUT2D eigenvalue weighted by Gasteiger charge is -2.07. The van der Waals surface area contributed by atoms with E-state index >= 15 is 0 Å². The Morgan fingerprint density at radius 2 is 1.78 bits per heavy atom. The number of amides is 1. The summed E-state index contributed by atoms with van der Waals surface area (Å²) >= 11 is 0. The van der Waals surface area contributed by atoms with Gasteiger partial charge in [-0.2, -0.15) is 0 Å². The van der Waals surface area contributed by atoms with E-state index in [1.165, 1.54) is 0 Å². The molecule has 3 aromatic rings. The molecule has 5 nitrogen and oxygen atoms in total. The Balaban J connectivity index is 1.57. The highest BCUT2D eigenvalue weighted by atomic mass is 16.5. The molecule has 1 amide bonds. The molecule has 0 aliphatic heterocycles. The maximum Gasteiger partial charge on any atom is 0.263 e. The van der Waals surface area contributed by atoms with Crippen molar-refractivity contribution in [1.82, 2.24) is 9.97 Å². The highest BCUT2D eigenvalue weighted by molar-refractivity contribution is 5.91. The van der Waals surface area contributed by atoms with E-state index in [2.05, 4.69) is 15.3 Å². The average Bonchev–Trinajstić information content (AvgIpc) is 2.62. The van der Waals surface area contributed by atoms with E-state index in [-0.39, 0.29) is 12.5 Å². The third-order valence-corrected chi connectivity index (χ3v) is 3.10. The van der Waals surface area contributed by atoms with Crippen LogP contribution in [-0.4, -0.2) is 22.5 Å². The second kappa shape index (κ2) is 7.17. The SMILES string of the molecule is O=C(COc1ccccc1)Nc1ccc(-c2ccccn2)cn1. The van der Waals surface area contributed by atoms with E-state index in [0.29, 0.717) is 11.6 Å². The first-order valence-corrected chi connectivity index (χ1v) is 7.16. The summed E-state index contributed by atoms with van der Waals surface area (Å²) in [5, 5.41) is 2.70. The van der Waals surface area contributed by atoms with Gasteiger partial charge in [-0.1, -0.05) is 24.3 Å². The molecule has 23 heavy (non-hydrogen) atoms. The molecule has 0 saturated heterocycles. The van der Waals surface area contributed by atoms with Crippen molar-refractivity contribution >= 4 is 11.7 Å². The van der Waals surface area contributed by atoms with E-state index in [4.69, 9.17) is 4.74 Å². The third kappa shape index (κ3) is 4.14. The molecule has 1 aromatic carbocycles. The number of nitrogens with zero attached hydrogens (tertiary/aromatic N) is 2. The van der Waals surface area contributed by atoms with Crippen LogP contribution in [0, 0.1) is 0 Å². The van der Waals surface area contributed by atoms with Gasteiger partial charge in [-0.05, 0) is 36.4 Å². The molecular formula is C18H15N3O2. The molecule has 0 aliphatic carbocycles. The van der Waals surface area contributed by atoms with Crippen LogP contribution >= 0.6 is 0 Å². The molecule has 114 valence electrons. The number of anilines is 1. The molecule has 0 saturated carbocycles. The van der Waals surface area contributed by atoms with Crippen molar-refractivity contribution in [2.45, 2.75) is 0 Å². The average molecular weight is 305 g/mol. The number of aromatic nitrogens is 2. The van der Waals surface area contributed by atoms with E-state index < -0.39 is 0 Å². The van der Waals surface area contributed by atoms with Gasteiger partial charge in [0.25, 0.3) is 5.91 Å². The first kappa shape index (κ1) is 14.7. The van der Waals surface area contributed by atoms with Gasteiger partial charge < -0.3 is 10.1 Å². The monoisotopic (exact) mass is 305 g/mol. The summed E-state index contributed by atoms with van der Waals surface area (Å²) in [6, 6.07) is 18.5. The Morgan fingerprint density at radius 3 is 2.48 bits per heavy atom. The Hall–Kier alpha value is -3.21. The molecule has 2 heterocycles. The number of hydrogen-bond acceptors (Lipinski definition) is 4. The van der Waals surface area contributed by atoms with E-state index in [9.17, 15) is 4.79 Å². The number of para-hydroxylation sites is 1. The van der Waals surface area contributed by atoms with Gasteiger partial charge in [-0.25, -0.2) is 4.98 Å². The molecule has 0 bridgehead atoms. The normalized spacial score (nSPS) is 10.1. The fraction of sp³-hybridized carbons (Fsp3) is 0.0556. The Bertz CT molecular complexity index is 759. The second-order valence-electron chi connectivity index (χ2n) is 4.80. The number of carbonyl (C=O) groups is 1. The zero-order chi connectivity index (χ0) is 15.9. The minimum atomic E-state index is -0.257. The first-order valence-electron chi connectivity index (χ1n) is 7.16. The molecule has 0 atom stereocenters. The summed E-state index contributed by atoms with van der Waals surface area (Å²) in [6.07, 6.45) is 3.40. The number of nitrogens with one attached hydrogen (secondary N) is 1. The number of benzene rings is 1. The summed E-state index contributed by atoms with van der Waals surface area (Å²) in [5.74, 6) is 0.874. The van der Waals surface area contributed by atoms with Crippen LogP contribution in [0.4, 0.5) is 5.82 Å². The minimum absolute atomic E-state index is 0.0618. The molecule has 2 aromatic heterocycles. The predicted octanol–water partition coefficient (Wildman–Crippen LogP) is 3.16. The summed E-state index contributed by atoms with van der Waals surface area (Å²) in [7, 11) is 0. The van der Waals surface area contributed by atoms with Gasteiger partial charge in [0.15, 0.2) is 6.61 Å². The van der Waals surface area contributed by atoms with Gasteiger partial charge in [-0.3, -0.25) is 9.78 Å². The minimum Gasteiger partial charge on any atom is -0.484 e. The number of ether oxygens (including phenoxy) is 1. The topological polar surface area (TPSA) is 64.1 Å². The van der Waals surface area contributed by atoms with Crippen LogP contribution < -0.4 is 10.1 Å². The molecule has 5 heteroatoms. The van der Waals surface area contributed by atoms with E-state index in [1.807, 2.05) is 42.5 Å². The molecule has 0 unspecified atom stereocenters. The standard InChI is InChI=1S/C18H15N3O2/c22-18(13-23-15-6-2-1-3-7-15)21-17-10-9-14(12-20-17)16-8-4-5-11-19-16/h1-12H,13H2,(H,20,21,22). The maximum absolute atomic E-state index is 11.9. The molecular weight excluding hydrogens is 290 g/mol. The molecule has 0 fully saturated rings. The van der Waals surface area contributed by atoms with Gasteiger partial charge in [0, 0.05) is 18.0 Å². The quantitative estimate of drug-likeness (QED) is 0.786. The molecule has 1 N–H and O–H groups in total. The first-order chi connectivity index (χ1) is 11.3. The predicted molar refractivity (Wildman–Crippen MR) is 88.0 cm³/mol. The number of hydrogen-bond donors (Lipinski definition) is 1. The van der Waals surface area contributed by atoms with Crippen molar-refractivity contribution in [3.8, 4) is 17.0 Å². The van der Waals surface area contributed by atoms with E-state index in [0.717, 1.165) is 11.3 Å². The molecule has 0 aliphatic rings. The summed E-state index contributed by atoms with van der Waals surface area (Å²) in [5.41, 5.74) is 1.73. The van der Waals surface area contributed by atoms with Gasteiger partial charge in [0.1, 0.15) is 11.6 Å². The lowest BCUT2D eigenvalue weighted by atomic mass is 10.2. The fourth-order valence-corrected chi connectivity index (χ4v) is 2.00. The number of rotatable bonds is 5. The lowest BCUT2D eigenvalue weighted by Crippen LogP contribution is -2.20. The molecule has 0 spiro atoms. The van der Waals surface area contributed by atoms with Crippen LogP contribution in [0.3, 0.4) is 0 Å². The van der Waals surface area contributed by atoms with Crippen molar-refractivity contribution < 1.29 is 9.53 Å². The summed E-state index contributed by atoms with van der Waals surface area (Å²) in [6.45, 7) is -0.0618. The maximum atomic E-state index is 11.9. The largest absolute Gasteiger partial charge is 0.484 e. The van der Waals surface area contributed by atoms with Crippen LogP contribution in [0.15, 0.2) is 73.1 Å². The van der Waals surface area contributed by atoms with Crippen LogP contribution in [0.5, 0.6) is 5.75 Å². The van der Waals surface area contributed by atoms with Crippen molar-refractivity contribution in [2.75, 3.05) is 11.9 Å². The van der Waals surface area contributed by atoms with Crippen LogP contribution in [-0.2, 0) is 4.79 Å². The second-order valence-corrected chi connectivity index (χ2v) is 4.80. The zero-order valence-electron chi connectivity index (χ0n) is 12.3. The van der Waals surface area contributed by atoms with Gasteiger partial charge >= 0.3 is 0 Å². The smallest absolute Gasteiger partial charge is 0.263 e. The lowest BCUT2D eigenvalue weighted by molar-refractivity contribution is -0.118. The fourth-order valence-electron chi connectivity index (χ4n) is 2.00. The Kier molecular flexibility index (Phi) is 4.59. The summed E-state index contributed by atoms with van der Waals surface area (Å²) < 4.78 is 5.38. The van der Waals surface area contributed by atoms with Crippen LogP contribution in [0.1, 0.15) is 0 Å². The molecule has 0 radical (unpaired) electrons. The van der Waals surface area contributed by atoms with Gasteiger partial charge in [-0.15, -0.1) is 0 Å². The van der Waals surface area contributed by atoms with Gasteiger partial charge in [0.2, 0.25) is 0 Å². The van der Waals surface area contributed by atoms with Crippen molar-refractivity contribution in [2.24, 2.45) is 0 Å².